The van der Waals surface area contributed by atoms with Crippen LogP contribution in [0, 0.1) is 18.8 Å². The van der Waals surface area contributed by atoms with Crippen LogP contribution in [0.2, 0.25) is 0 Å². The van der Waals surface area contributed by atoms with Crippen LogP contribution in [-0.4, -0.2) is 28.2 Å². The third kappa shape index (κ3) is 4.18. The number of carbonyl (C=O) groups is 2. The Bertz CT molecular complexity index is 815. The highest BCUT2D eigenvalue weighted by Crippen LogP contribution is 2.41. The average molecular weight is 363 g/mol. The number of aryl methyl sites for hydroxylation is 1. The highest BCUT2D eigenvalue weighted by molar-refractivity contribution is 5.89. The monoisotopic (exact) mass is 363 g/mol. The number of benzene rings is 1. The first kappa shape index (κ1) is 17.7. The molecule has 0 radical (unpaired) electrons. The molecule has 5 nitrogen and oxygen atoms in total. The van der Waals surface area contributed by atoms with Crippen LogP contribution in [-0.2, 0) is 16.1 Å². The number of hydrogen-bond donors (Lipinski definition) is 1. The van der Waals surface area contributed by atoms with E-state index in [2.05, 4.69) is 41.5 Å². The minimum Gasteiger partial charge on any atom is -0.349 e. The van der Waals surface area contributed by atoms with Crippen LogP contribution in [0.5, 0.6) is 0 Å². The van der Waals surface area contributed by atoms with E-state index in [4.69, 9.17) is 0 Å². The number of amides is 2. The second-order valence-corrected chi connectivity index (χ2v) is 7.73. The van der Waals surface area contributed by atoms with Gasteiger partial charge in [-0.3, -0.25) is 14.6 Å². The van der Waals surface area contributed by atoms with Gasteiger partial charge in [-0.15, -0.1) is 0 Å². The van der Waals surface area contributed by atoms with E-state index in [0.29, 0.717) is 19.0 Å². The molecule has 2 unspecified atom stereocenters. The van der Waals surface area contributed by atoms with Crippen LogP contribution in [0.25, 0.3) is 0 Å². The molecule has 2 atom stereocenters. The Hall–Kier alpha value is -2.69. The highest BCUT2D eigenvalue weighted by atomic mass is 16.2. The molecular formula is C22H25N3O2. The van der Waals surface area contributed by atoms with Gasteiger partial charge in [-0.2, -0.15) is 0 Å². The van der Waals surface area contributed by atoms with Crippen LogP contribution >= 0.6 is 0 Å². The molecule has 1 aromatic carbocycles. The third-order valence-corrected chi connectivity index (χ3v) is 5.49. The van der Waals surface area contributed by atoms with Gasteiger partial charge >= 0.3 is 0 Å². The molecule has 0 spiro atoms. The number of aromatic nitrogens is 1. The predicted octanol–water partition coefficient (Wildman–Crippen LogP) is 3.01. The summed E-state index contributed by atoms with van der Waals surface area (Å²) in [5.41, 5.74) is 3.22. The zero-order valence-electron chi connectivity index (χ0n) is 15.6. The summed E-state index contributed by atoms with van der Waals surface area (Å²) in [4.78, 5) is 31.2. The van der Waals surface area contributed by atoms with E-state index >= 15 is 0 Å². The SMILES string of the molecule is Cc1ccc(C(NC(=O)C2CC(=O)N(Cc3ccccn3)C2)C2CC2)cc1. The van der Waals surface area contributed by atoms with Gasteiger partial charge < -0.3 is 10.2 Å². The van der Waals surface area contributed by atoms with Gasteiger partial charge in [0.25, 0.3) is 0 Å². The first-order valence-electron chi connectivity index (χ1n) is 9.65. The van der Waals surface area contributed by atoms with Crippen LogP contribution in [0.15, 0.2) is 48.7 Å². The summed E-state index contributed by atoms with van der Waals surface area (Å²) in [7, 11) is 0. The third-order valence-electron chi connectivity index (χ3n) is 5.49. The molecule has 1 saturated carbocycles. The van der Waals surface area contributed by atoms with E-state index < -0.39 is 0 Å². The number of hydrogen-bond acceptors (Lipinski definition) is 3. The van der Waals surface area contributed by atoms with Crippen molar-refractivity contribution in [3.05, 3.63) is 65.5 Å². The summed E-state index contributed by atoms with van der Waals surface area (Å²) >= 11 is 0. The number of carbonyl (C=O) groups excluding carboxylic acids is 2. The summed E-state index contributed by atoms with van der Waals surface area (Å²) < 4.78 is 0. The molecule has 2 aromatic rings. The van der Waals surface area contributed by atoms with Crippen molar-refractivity contribution in [1.82, 2.24) is 15.2 Å². The largest absolute Gasteiger partial charge is 0.349 e. The van der Waals surface area contributed by atoms with E-state index in [1.165, 1.54) is 5.56 Å². The minimum absolute atomic E-state index is 0.00986. The van der Waals surface area contributed by atoms with E-state index in [1.54, 1.807) is 11.1 Å². The lowest BCUT2D eigenvalue weighted by molar-refractivity contribution is -0.129. The molecule has 1 N–H and O–H groups in total. The average Bonchev–Trinajstić information content (AvgIpc) is 3.45. The van der Waals surface area contributed by atoms with Gasteiger partial charge in [0.05, 0.1) is 24.2 Å². The second kappa shape index (κ2) is 7.51. The Kier molecular flexibility index (Phi) is 4.92. The van der Waals surface area contributed by atoms with Crippen molar-refractivity contribution in [2.75, 3.05) is 6.54 Å². The number of nitrogens with one attached hydrogen (secondary N) is 1. The topological polar surface area (TPSA) is 62.3 Å². The Morgan fingerprint density at radius 3 is 2.67 bits per heavy atom. The standard InChI is InChI=1S/C22H25N3O2/c1-15-5-7-16(8-6-15)21(17-9-10-17)24-22(27)18-12-20(26)25(13-18)14-19-4-2-3-11-23-19/h2-8,11,17-18,21H,9-10,12-14H2,1H3,(H,24,27). The van der Waals surface area contributed by atoms with Crippen molar-refractivity contribution < 1.29 is 9.59 Å². The normalized spacial score (nSPS) is 20.6. The summed E-state index contributed by atoms with van der Waals surface area (Å²) in [6.07, 6.45) is 4.30. The predicted molar refractivity (Wildman–Crippen MR) is 103 cm³/mol. The van der Waals surface area contributed by atoms with Crippen molar-refractivity contribution in [3.8, 4) is 0 Å². The van der Waals surface area contributed by atoms with E-state index in [9.17, 15) is 9.59 Å². The number of rotatable bonds is 6. The molecule has 1 aliphatic carbocycles. The fourth-order valence-electron chi connectivity index (χ4n) is 3.74. The van der Waals surface area contributed by atoms with Crippen LogP contribution in [0.1, 0.15) is 42.1 Å². The van der Waals surface area contributed by atoms with Gasteiger partial charge in [-0.05, 0) is 43.4 Å². The van der Waals surface area contributed by atoms with E-state index in [1.807, 2.05) is 18.2 Å². The second-order valence-electron chi connectivity index (χ2n) is 7.73. The lowest BCUT2D eigenvalue weighted by Gasteiger charge is -2.21. The fourth-order valence-corrected chi connectivity index (χ4v) is 3.74. The van der Waals surface area contributed by atoms with Crippen LogP contribution in [0.4, 0.5) is 0 Å². The summed E-state index contributed by atoms with van der Waals surface area (Å²) in [5.74, 6) is 0.245. The van der Waals surface area contributed by atoms with Crippen LogP contribution in [0.3, 0.4) is 0 Å². The summed E-state index contributed by atoms with van der Waals surface area (Å²) in [6, 6.07) is 14.1. The maximum atomic E-state index is 12.9. The lowest BCUT2D eigenvalue weighted by atomic mass is 9.99. The van der Waals surface area contributed by atoms with Gasteiger partial charge in [0.15, 0.2) is 0 Å². The molecule has 140 valence electrons. The molecule has 1 saturated heterocycles. The number of likely N-dealkylation sites (tertiary alicyclic amines) is 1. The number of pyridine rings is 1. The fraction of sp³-hybridized carbons (Fsp3) is 0.409. The zero-order valence-corrected chi connectivity index (χ0v) is 15.6. The Balaban J connectivity index is 1.40. The van der Waals surface area contributed by atoms with Crippen molar-refractivity contribution >= 4 is 11.8 Å². The Labute approximate surface area is 159 Å². The molecule has 27 heavy (non-hydrogen) atoms. The highest BCUT2D eigenvalue weighted by Gasteiger charge is 2.38. The molecule has 2 fully saturated rings. The van der Waals surface area contributed by atoms with E-state index in [0.717, 1.165) is 24.1 Å². The van der Waals surface area contributed by atoms with Crippen LogP contribution < -0.4 is 5.32 Å². The van der Waals surface area contributed by atoms with Crippen molar-refractivity contribution in [3.63, 3.8) is 0 Å². The minimum atomic E-state index is -0.284. The van der Waals surface area contributed by atoms with Gasteiger partial charge in [0.2, 0.25) is 11.8 Å². The first-order chi connectivity index (χ1) is 13.1. The molecule has 4 rings (SSSR count). The molecule has 1 aromatic heterocycles. The van der Waals surface area contributed by atoms with Gasteiger partial charge in [-0.1, -0.05) is 35.9 Å². The van der Waals surface area contributed by atoms with Crippen molar-refractivity contribution in [1.29, 1.82) is 0 Å². The molecule has 5 heteroatoms. The Morgan fingerprint density at radius 1 is 1.22 bits per heavy atom. The molecule has 2 heterocycles. The molecule has 2 aliphatic rings. The van der Waals surface area contributed by atoms with E-state index in [-0.39, 0.29) is 30.2 Å². The molecular weight excluding hydrogens is 338 g/mol. The summed E-state index contributed by atoms with van der Waals surface area (Å²) in [6.45, 7) is 2.99. The van der Waals surface area contributed by atoms with Gasteiger partial charge in [0.1, 0.15) is 0 Å². The Morgan fingerprint density at radius 2 is 2.00 bits per heavy atom. The van der Waals surface area contributed by atoms with Gasteiger partial charge in [0, 0.05) is 19.2 Å². The van der Waals surface area contributed by atoms with Crippen molar-refractivity contribution in [2.24, 2.45) is 11.8 Å². The molecule has 2 amide bonds. The maximum Gasteiger partial charge on any atom is 0.225 e. The summed E-state index contributed by atoms with van der Waals surface area (Å²) in [5, 5.41) is 3.23. The zero-order chi connectivity index (χ0) is 18.8. The van der Waals surface area contributed by atoms with Crippen molar-refractivity contribution in [2.45, 2.75) is 38.8 Å². The smallest absolute Gasteiger partial charge is 0.225 e. The molecule has 0 bridgehead atoms. The maximum absolute atomic E-state index is 12.9. The lowest BCUT2D eigenvalue weighted by Crippen LogP contribution is -2.36. The molecule has 1 aliphatic heterocycles. The quantitative estimate of drug-likeness (QED) is 0.858. The number of nitrogens with zero attached hydrogens (tertiary/aromatic N) is 2. The van der Waals surface area contributed by atoms with Gasteiger partial charge in [-0.25, -0.2) is 0 Å². The first-order valence-corrected chi connectivity index (χ1v) is 9.65.